The van der Waals surface area contributed by atoms with E-state index >= 15 is 0 Å². The largest absolute Gasteiger partial charge is 0.348 e. The molecule has 1 amide bonds. The zero-order valence-corrected chi connectivity index (χ0v) is 15.6. The van der Waals surface area contributed by atoms with Gasteiger partial charge in [-0.15, -0.1) is 0 Å². The number of rotatable bonds is 7. The lowest BCUT2D eigenvalue weighted by atomic mass is 10.1. The molecule has 1 N–H and O–H groups in total. The van der Waals surface area contributed by atoms with Gasteiger partial charge in [-0.05, 0) is 36.6 Å². The molecule has 5 nitrogen and oxygen atoms in total. The van der Waals surface area contributed by atoms with Crippen LogP contribution in [0.2, 0.25) is 0 Å². The van der Waals surface area contributed by atoms with Crippen LogP contribution in [0, 0.1) is 0 Å². The fourth-order valence-electron chi connectivity index (χ4n) is 2.54. The monoisotopic (exact) mass is 360 g/mol. The summed E-state index contributed by atoms with van der Waals surface area (Å²) in [6.45, 7) is 3.65. The van der Waals surface area contributed by atoms with E-state index in [0.717, 1.165) is 28.1 Å². The molecule has 134 valence electrons. The van der Waals surface area contributed by atoms with Crippen molar-refractivity contribution in [3.8, 4) is 0 Å². The lowest BCUT2D eigenvalue weighted by Crippen LogP contribution is -2.41. The van der Waals surface area contributed by atoms with Gasteiger partial charge in [-0.2, -0.15) is 0 Å². The molecule has 0 bridgehead atoms. The van der Waals surface area contributed by atoms with E-state index in [1.165, 1.54) is 0 Å². The van der Waals surface area contributed by atoms with E-state index in [-0.39, 0.29) is 18.5 Å². The average Bonchev–Trinajstić information content (AvgIpc) is 2.59. The second kappa shape index (κ2) is 8.16. The first-order chi connectivity index (χ1) is 11.8. The Morgan fingerprint density at radius 3 is 2.20 bits per heavy atom. The van der Waals surface area contributed by atoms with E-state index < -0.39 is 10.0 Å². The molecule has 0 unspecified atom stereocenters. The maximum atomic E-state index is 12.4. The van der Waals surface area contributed by atoms with Crippen LogP contribution in [-0.4, -0.2) is 27.1 Å². The van der Waals surface area contributed by atoms with Gasteiger partial charge in [0.25, 0.3) is 0 Å². The number of sulfonamides is 1. The second-order valence-corrected chi connectivity index (χ2v) is 7.90. The van der Waals surface area contributed by atoms with Crippen molar-refractivity contribution < 1.29 is 13.2 Å². The summed E-state index contributed by atoms with van der Waals surface area (Å²) in [5, 5.41) is 2.85. The van der Waals surface area contributed by atoms with Gasteiger partial charge in [0.05, 0.1) is 18.0 Å². The summed E-state index contributed by atoms with van der Waals surface area (Å²) in [4.78, 5) is 12.4. The summed E-state index contributed by atoms with van der Waals surface area (Å²) < 4.78 is 25.4. The number of carbonyl (C=O) groups is 1. The average molecular weight is 360 g/mol. The molecule has 0 radical (unpaired) electrons. The maximum absolute atomic E-state index is 12.4. The van der Waals surface area contributed by atoms with Crippen molar-refractivity contribution in [3.63, 3.8) is 0 Å². The summed E-state index contributed by atoms with van der Waals surface area (Å²) in [7, 11) is -3.56. The van der Waals surface area contributed by atoms with Gasteiger partial charge in [0.15, 0.2) is 0 Å². The van der Waals surface area contributed by atoms with E-state index in [0.29, 0.717) is 5.69 Å². The van der Waals surface area contributed by atoms with Gasteiger partial charge in [-0.25, -0.2) is 8.42 Å². The fraction of sp³-hybridized carbons (Fsp3) is 0.316. The predicted molar refractivity (Wildman–Crippen MR) is 101 cm³/mol. The number of amides is 1. The molecule has 6 heteroatoms. The highest BCUT2D eigenvalue weighted by atomic mass is 32.2. The topological polar surface area (TPSA) is 66.5 Å². The quantitative estimate of drug-likeness (QED) is 0.826. The number of carbonyl (C=O) groups excluding carboxylic acids is 1. The van der Waals surface area contributed by atoms with Gasteiger partial charge in [-0.3, -0.25) is 9.10 Å². The number of hydrogen-bond donors (Lipinski definition) is 1. The van der Waals surface area contributed by atoms with E-state index in [9.17, 15) is 13.2 Å². The number of anilines is 1. The Bertz CT molecular complexity index is 802. The highest BCUT2D eigenvalue weighted by Crippen LogP contribution is 2.19. The first kappa shape index (κ1) is 19.0. The van der Waals surface area contributed by atoms with Crippen molar-refractivity contribution in [2.75, 3.05) is 17.1 Å². The molecule has 0 fully saturated rings. The number of nitrogens with zero attached hydrogens (tertiary/aromatic N) is 1. The molecular formula is C19H24N2O3S. The summed E-state index contributed by atoms with van der Waals surface area (Å²) in [5.74, 6) is -0.346. The van der Waals surface area contributed by atoms with Gasteiger partial charge >= 0.3 is 0 Å². The standard InChI is InChI=1S/C19H24N2O3S/c1-4-16-10-12-18(13-11-16)21(25(3,23)24)14-19(22)20-15(2)17-8-6-5-7-9-17/h5-13,15H,4,14H2,1-3H3,(H,20,22)/t15-/m1/s1. The van der Waals surface area contributed by atoms with Crippen LogP contribution in [-0.2, 0) is 21.2 Å². The third-order valence-electron chi connectivity index (χ3n) is 4.00. The Morgan fingerprint density at radius 2 is 1.68 bits per heavy atom. The molecule has 2 aromatic carbocycles. The normalized spacial score (nSPS) is 12.4. The molecule has 1 atom stereocenters. The molecule has 25 heavy (non-hydrogen) atoms. The zero-order valence-electron chi connectivity index (χ0n) is 14.8. The van der Waals surface area contributed by atoms with E-state index in [1.807, 2.05) is 56.3 Å². The molecular weight excluding hydrogens is 336 g/mol. The first-order valence-electron chi connectivity index (χ1n) is 8.22. The summed E-state index contributed by atoms with van der Waals surface area (Å²) in [5.41, 5.74) is 2.57. The van der Waals surface area contributed by atoms with Crippen molar-refractivity contribution in [2.24, 2.45) is 0 Å². The maximum Gasteiger partial charge on any atom is 0.241 e. The summed E-state index contributed by atoms with van der Waals surface area (Å²) in [6, 6.07) is 16.6. The molecule has 0 spiro atoms. The molecule has 0 aliphatic rings. The highest BCUT2D eigenvalue weighted by Gasteiger charge is 2.21. The van der Waals surface area contributed by atoms with Crippen LogP contribution in [0.25, 0.3) is 0 Å². The number of hydrogen-bond acceptors (Lipinski definition) is 3. The zero-order chi connectivity index (χ0) is 18.4. The van der Waals surface area contributed by atoms with Crippen LogP contribution < -0.4 is 9.62 Å². The molecule has 2 rings (SSSR count). The van der Waals surface area contributed by atoms with Crippen LogP contribution in [0.15, 0.2) is 54.6 Å². The molecule has 0 saturated carbocycles. The second-order valence-electron chi connectivity index (χ2n) is 5.99. The van der Waals surface area contributed by atoms with E-state index in [4.69, 9.17) is 0 Å². The van der Waals surface area contributed by atoms with Crippen molar-refractivity contribution in [1.29, 1.82) is 0 Å². The van der Waals surface area contributed by atoms with Gasteiger partial charge in [0.1, 0.15) is 6.54 Å². The summed E-state index contributed by atoms with van der Waals surface area (Å²) >= 11 is 0. The van der Waals surface area contributed by atoms with Crippen molar-refractivity contribution in [3.05, 3.63) is 65.7 Å². The Hall–Kier alpha value is -2.34. The Labute approximate surface area is 149 Å². The fourth-order valence-corrected chi connectivity index (χ4v) is 3.40. The van der Waals surface area contributed by atoms with Gasteiger partial charge in [0.2, 0.25) is 15.9 Å². The van der Waals surface area contributed by atoms with Crippen LogP contribution in [0.4, 0.5) is 5.69 Å². The minimum atomic E-state index is -3.56. The third kappa shape index (κ3) is 5.32. The van der Waals surface area contributed by atoms with Crippen LogP contribution >= 0.6 is 0 Å². The number of nitrogens with one attached hydrogen (secondary N) is 1. The van der Waals surface area contributed by atoms with Crippen molar-refractivity contribution in [2.45, 2.75) is 26.3 Å². The number of aryl methyl sites for hydroxylation is 1. The lowest BCUT2D eigenvalue weighted by molar-refractivity contribution is -0.120. The van der Waals surface area contributed by atoms with Gasteiger partial charge in [-0.1, -0.05) is 49.4 Å². The molecule has 0 saturated heterocycles. The predicted octanol–water partition coefficient (Wildman–Crippen LogP) is 2.89. The Balaban J connectivity index is 2.12. The van der Waals surface area contributed by atoms with E-state index in [2.05, 4.69) is 5.32 Å². The minimum absolute atomic E-state index is 0.197. The smallest absolute Gasteiger partial charge is 0.241 e. The molecule has 2 aromatic rings. The van der Waals surface area contributed by atoms with Gasteiger partial charge in [0, 0.05) is 0 Å². The minimum Gasteiger partial charge on any atom is -0.348 e. The van der Waals surface area contributed by atoms with Gasteiger partial charge < -0.3 is 5.32 Å². The Kier molecular flexibility index (Phi) is 6.20. The molecule has 0 aliphatic heterocycles. The molecule has 0 aromatic heterocycles. The van der Waals surface area contributed by atoms with Crippen molar-refractivity contribution in [1.82, 2.24) is 5.32 Å². The van der Waals surface area contributed by atoms with Crippen LogP contribution in [0.3, 0.4) is 0 Å². The molecule has 0 aliphatic carbocycles. The SMILES string of the molecule is CCc1ccc(N(CC(=O)N[C@H](C)c2ccccc2)S(C)(=O)=O)cc1. The van der Waals surface area contributed by atoms with Crippen molar-refractivity contribution >= 4 is 21.6 Å². The first-order valence-corrected chi connectivity index (χ1v) is 10.1. The third-order valence-corrected chi connectivity index (χ3v) is 5.14. The molecule has 0 heterocycles. The number of benzene rings is 2. The van der Waals surface area contributed by atoms with E-state index in [1.54, 1.807) is 12.1 Å². The van der Waals surface area contributed by atoms with Crippen LogP contribution in [0.1, 0.15) is 31.0 Å². The van der Waals surface area contributed by atoms with Crippen LogP contribution in [0.5, 0.6) is 0 Å². The summed E-state index contributed by atoms with van der Waals surface area (Å²) in [6.07, 6.45) is 1.98. The Morgan fingerprint density at radius 1 is 1.08 bits per heavy atom. The lowest BCUT2D eigenvalue weighted by Gasteiger charge is -2.23. The highest BCUT2D eigenvalue weighted by molar-refractivity contribution is 7.92.